The predicted molar refractivity (Wildman–Crippen MR) is 76.3 cm³/mol. The van der Waals surface area contributed by atoms with Gasteiger partial charge in [-0.15, -0.1) is 0 Å². The molecule has 1 aromatic heterocycles. The summed E-state index contributed by atoms with van der Waals surface area (Å²) < 4.78 is 14.0. The fourth-order valence-corrected chi connectivity index (χ4v) is 2.61. The normalized spacial score (nSPS) is 11.1. The summed E-state index contributed by atoms with van der Waals surface area (Å²) in [5.41, 5.74) is 1.89. The summed E-state index contributed by atoms with van der Waals surface area (Å²) in [5.74, 6) is -0.0606. The van der Waals surface area contributed by atoms with Crippen LogP contribution in [0.4, 0.5) is 4.39 Å². The van der Waals surface area contributed by atoms with E-state index in [1.807, 2.05) is 20.8 Å². The molecule has 2 rings (SSSR count). The van der Waals surface area contributed by atoms with Crippen LogP contribution in [0.1, 0.15) is 31.0 Å². The molecule has 0 aliphatic carbocycles. The zero-order valence-electron chi connectivity index (χ0n) is 10.8. The minimum atomic E-state index is -0.531. The molecular weight excluding hydrogens is 286 g/mol. The highest BCUT2D eigenvalue weighted by Crippen LogP contribution is 2.30. The molecule has 0 spiro atoms. The Morgan fingerprint density at radius 2 is 1.84 bits per heavy atom. The lowest BCUT2D eigenvalue weighted by Gasteiger charge is -2.12. The number of aryl methyl sites for hydroxylation is 1. The van der Waals surface area contributed by atoms with E-state index < -0.39 is 5.82 Å². The summed E-state index contributed by atoms with van der Waals surface area (Å²) in [7, 11) is 0. The molecule has 0 radical (unpaired) electrons. The molecule has 0 saturated heterocycles. The highest BCUT2D eigenvalue weighted by molar-refractivity contribution is 6.31. The Morgan fingerprint density at radius 1 is 1.16 bits per heavy atom. The first-order valence-corrected chi connectivity index (χ1v) is 6.65. The van der Waals surface area contributed by atoms with Crippen molar-refractivity contribution in [3.8, 4) is 11.4 Å². The van der Waals surface area contributed by atoms with Gasteiger partial charge in [-0.3, -0.25) is 0 Å². The highest BCUT2D eigenvalue weighted by atomic mass is 35.5. The summed E-state index contributed by atoms with van der Waals surface area (Å²) >= 11 is 11.9. The van der Waals surface area contributed by atoms with Crippen LogP contribution in [0.5, 0.6) is 0 Å². The lowest BCUT2D eigenvalue weighted by molar-refractivity contribution is 0.630. The van der Waals surface area contributed by atoms with Crippen molar-refractivity contribution >= 4 is 23.2 Å². The maximum atomic E-state index is 14.0. The number of hydrogen-bond acceptors (Lipinski definition) is 2. The zero-order chi connectivity index (χ0) is 14.2. The quantitative estimate of drug-likeness (QED) is 0.727. The van der Waals surface area contributed by atoms with Crippen LogP contribution in [0.15, 0.2) is 18.2 Å². The molecule has 2 nitrogen and oxygen atoms in total. The number of halogens is 3. The van der Waals surface area contributed by atoms with Crippen LogP contribution in [0.3, 0.4) is 0 Å². The van der Waals surface area contributed by atoms with Crippen molar-refractivity contribution in [2.24, 2.45) is 0 Å². The number of nitrogens with zero attached hydrogens (tertiary/aromatic N) is 2. The van der Waals surface area contributed by atoms with Crippen LogP contribution in [-0.2, 0) is 0 Å². The van der Waals surface area contributed by atoms with E-state index in [0.717, 1.165) is 11.3 Å². The van der Waals surface area contributed by atoms with Crippen LogP contribution in [-0.4, -0.2) is 9.97 Å². The summed E-state index contributed by atoms with van der Waals surface area (Å²) in [4.78, 5) is 8.52. The van der Waals surface area contributed by atoms with E-state index in [1.165, 1.54) is 6.07 Å². The van der Waals surface area contributed by atoms with Crippen molar-refractivity contribution in [2.45, 2.75) is 26.7 Å². The van der Waals surface area contributed by atoms with E-state index in [0.29, 0.717) is 5.15 Å². The molecule has 0 aliphatic rings. The van der Waals surface area contributed by atoms with Crippen molar-refractivity contribution in [2.75, 3.05) is 0 Å². The van der Waals surface area contributed by atoms with Gasteiger partial charge in [0.1, 0.15) is 5.15 Å². The van der Waals surface area contributed by atoms with Crippen molar-refractivity contribution in [1.82, 2.24) is 9.97 Å². The summed E-state index contributed by atoms with van der Waals surface area (Å²) in [6, 6.07) is 4.72. The first-order chi connectivity index (χ1) is 8.91. The molecule has 2 aromatic rings. The lowest BCUT2D eigenvalue weighted by Crippen LogP contribution is -2.02. The van der Waals surface area contributed by atoms with Gasteiger partial charge in [-0.2, -0.15) is 0 Å². The van der Waals surface area contributed by atoms with Gasteiger partial charge < -0.3 is 0 Å². The topological polar surface area (TPSA) is 25.8 Å². The number of rotatable bonds is 2. The molecule has 0 N–H and O–H groups in total. The second-order valence-electron chi connectivity index (χ2n) is 4.59. The van der Waals surface area contributed by atoms with Gasteiger partial charge in [0, 0.05) is 11.3 Å². The molecular formula is C14H13Cl2FN2. The number of benzene rings is 1. The van der Waals surface area contributed by atoms with Crippen molar-refractivity contribution in [1.29, 1.82) is 0 Å². The van der Waals surface area contributed by atoms with Gasteiger partial charge in [0.2, 0.25) is 0 Å². The highest BCUT2D eigenvalue weighted by Gasteiger charge is 2.17. The fourth-order valence-electron chi connectivity index (χ4n) is 2.00. The average Bonchev–Trinajstić information content (AvgIpc) is 2.31. The Kier molecular flexibility index (Phi) is 4.07. The third kappa shape index (κ3) is 2.72. The van der Waals surface area contributed by atoms with Gasteiger partial charge in [-0.25, -0.2) is 14.4 Å². The molecule has 0 fully saturated rings. The van der Waals surface area contributed by atoms with Crippen molar-refractivity contribution < 1.29 is 4.39 Å². The van der Waals surface area contributed by atoms with E-state index in [9.17, 15) is 4.39 Å². The van der Waals surface area contributed by atoms with Crippen LogP contribution < -0.4 is 0 Å². The van der Waals surface area contributed by atoms with Gasteiger partial charge in [0.05, 0.1) is 10.6 Å². The Bertz CT molecular complexity index is 604. The molecule has 0 bridgehead atoms. The van der Waals surface area contributed by atoms with Crippen LogP contribution in [0.2, 0.25) is 10.2 Å². The maximum Gasteiger partial charge on any atom is 0.164 e. The Labute approximate surface area is 121 Å². The van der Waals surface area contributed by atoms with E-state index in [4.69, 9.17) is 23.2 Å². The van der Waals surface area contributed by atoms with E-state index in [-0.39, 0.29) is 22.3 Å². The Hall–Kier alpha value is -1.19. The van der Waals surface area contributed by atoms with Crippen molar-refractivity contribution in [3.63, 3.8) is 0 Å². The molecule has 5 heteroatoms. The van der Waals surface area contributed by atoms with E-state index >= 15 is 0 Å². The zero-order valence-corrected chi connectivity index (χ0v) is 12.3. The fraction of sp³-hybridized carbons (Fsp3) is 0.286. The molecule has 0 atom stereocenters. The number of hydrogen-bond donors (Lipinski definition) is 0. The minimum absolute atomic E-state index is 0.0443. The standard InChI is InChI=1S/C14H13Cl2FN2/c1-7(2)11-8(3)18-14(19-13(11)16)9-5-4-6-10(15)12(9)17/h4-7H,1-3H3. The summed E-state index contributed by atoms with van der Waals surface area (Å²) in [6.07, 6.45) is 0. The molecule has 0 amide bonds. The first-order valence-electron chi connectivity index (χ1n) is 5.90. The van der Waals surface area contributed by atoms with E-state index in [1.54, 1.807) is 12.1 Å². The second-order valence-corrected chi connectivity index (χ2v) is 5.36. The Balaban J connectivity index is 2.62. The monoisotopic (exact) mass is 298 g/mol. The molecule has 100 valence electrons. The number of aromatic nitrogens is 2. The smallest absolute Gasteiger partial charge is 0.164 e. The molecule has 0 saturated carbocycles. The van der Waals surface area contributed by atoms with Crippen molar-refractivity contribution in [3.05, 3.63) is 45.4 Å². The second kappa shape index (κ2) is 5.43. The largest absolute Gasteiger partial charge is 0.233 e. The van der Waals surface area contributed by atoms with Crippen LogP contribution in [0.25, 0.3) is 11.4 Å². The molecule has 0 unspecified atom stereocenters. The Morgan fingerprint density at radius 3 is 2.42 bits per heavy atom. The maximum absolute atomic E-state index is 14.0. The third-order valence-corrected chi connectivity index (χ3v) is 3.44. The SMILES string of the molecule is Cc1nc(-c2cccc(Cl)c2F)nc(Cl)c1C(C)C. The summed E-state index contributed by atoms with van der Waals surface area (Å²) in [5, 5.41) is 0.402. The van der Waals surface area contributed by atoms with Gasteiger partial charge in [0.25, 0.3) is 0 Å². The third-order valence-electron chi connectivity index (χ3n) is 2.86. The van der Waals surface area contributed by atoms with E-state index in [2.05, 4.69) is 9.97 Å². The first kappa shape index (κ1) is 14.2. The van der Waals surface area contributed by atoms with Gasteiger partial charge in [0.15, 0.2) is 11.6 Å². The predicted octanol–water partition coefficient (Wildman–Crippen LogP) is 5.02. The van der Waals surface area contributed by atoms with Crippen LogP contribution in [0, 0.1) is 12.7 Å². The molecule has 0 aliphatic heterocycles. The molecule has 19 heavy (non-hydrogen) atoms. The minimum Gasteiger partial charge on any atom is -0.233 e. The van der Waals surface area contributed by atoms with Gasteiger partial charge in [-0.05, 0) is 25.0 Å². The average molecular weight is 299 g/mol. The van der Waals surface area contributed by atoms with Crippen LogP contribution >= 0.6 is 23.2 Å². The van der Waals surface area contributed by atoms with Gasteiger partial charge >= 0.3 is 0 Å². The summed E-state index contributed by atoms with van der Waals surface area (Å²) in [6.45, 7) is 5.86. The molecule has 1 aromatic carbocycles. The molecule has 1 heterocycles. The van der Waals surface area contributed by atoms with Gasteiger partial charge in [-0.1, -0.05) is 43.1 Å². The lowest BCUT2D eigenvalue weighted by atomic mass is 10.0.